The standard InChI is InChI=1S/C25H21NO7/c1-11-9-18(28)21-17(22(11)29)10-16-14(19(21)12-3-5-13(27)6-4-12)7-8-15-20(16)24(31)26(23(15)30)25(32)33-2/h3-7,9,15-16,19-20,27H,8,10H2,1-2H3/t15-,16+,19-,20-/m0/s1. The molecule has 0 bridgehead atoms. The number of carbonyl (C=O) groups is 5. The largest absolute Gasteiger partial charge is 0.508 e. The molecular weight excluding hydrogens is 426 g/mol. The van der Waals surface area contributed by atoms with Crippen molar-refractivity contribution in [3.05, 3.63) is 64.3 Å². The number of methoxy groups -OCH3 is 1. The fourth-order valence-corrected chi connectivity index (χ4v) is 5.70. The molecular formula is C25H21NO7. The Hall–Kier alpha value is -3.81. The quantitative estimate of drug-likeness (QED) is 0.399. The number of hydrogen-bond acceptors (Lipinski definition) is 7. The number of ether oxygens (including phenoxy) is 1. The zero-order chi connectivity index (χ0) is 23.6. The van der Waals surface area contributed by atoms with Gasteiger partial charge in [0.15, 0.2) is 11.6 Å². The molecule has 1 aliphatic heterocycles. The minimum Gasteiger partial charge on any atom is -0.508 e. The number of ketones is 2. The molecule has 3 amide bonds. The van der Waals surface area contributed by atoms with Gasteiger partial charge in [-0.2, -0.15) is 4.90 Å². The second kappa shape index (κ2) is 7.37. The highest BCUT2D eigenvalue weighted by atomic mass is 16.5. The molecule has 0 spiro atoms. The first-order chi connectivity index (χ1) is 15.7. The number of imide groups is 3. The summed E-state index contributed by atoms with van der Waals surface area (Å²) in [4.78, 5) is 65.0. The van der Waals surface area contributed by atoms with E-state index in [9.17, 15) is 29.1 Å². The molecule has 3 aliphatic carbocycles. The Morgan fingerprint density at radius 2 is 1.76 bits per heavy atom. The third-order valence-corrected chi connectivity index (χ3v) is 7.15. The van der Waals surface area contributed by atoms with E-state index in [1.807, 2.05) is 6.08 Å². The Kier molecular flexibility index (Phi) is 4.70. The highest BCUT2D eigenvalue weighted by Crippen LogP contribution is 2.55. The van der Waals surface area contributed by atoms with Crippen LogP contribution in [0.1, 0.15) is 31.2 Å². The van der Waals surface area contributed by atoms with Crippen LogP contribution in [0.2, 0.25) is 0 Å². The van der Waals surface area contributed by atoms with Crippen molar-refractivity contribution in [2.24, 2.45) is 17.8 Å². The van der Waals surface area contributed by atoms with Crippen LogP contribution in [0.3, 0.4) is 0 Å². The van der Waals surface area contributed by atoms with Gasteiger partial charge in [0.25, 0.3) is 0 Å². The van der Waals surface area contributed by atoms with Crippen molar-refractivity contribution in [3.8, 4) is 5.75 Å². The lowest BCUT2D eigenvalue weighted by atomic mass is 9.59. The van der Waals surface area contributed by atoms with Crippen molar-refractivity contribution < 1.29 is 33.8 Å². The maximum absolute atomic E-state index is 13.2. The predicted octanol–water partition coefficient (Wildman–Crippen LogP) is 2.59. The Balaban J connectivity index is 1.67. The molecule has 0 unspecified atom stereocenters. The van der Waals surface area contributed by atoms with Crippen LogP contribution in [0.4, 0.5) is 4.79 Å². The topological polar surface area (TPSA) is 118 Å². The van der Waals surface area contributed by atoms with Crippen molar-refractivity contribution in [2.75, 3.05) is 7.11 Å². The molecule has 0 aromatic heterocycles. The van der Waals surface area contributed by atoms with Crippen LogP contribution in [-0.2, 0) is 23.9 Å². The number of Topliss-reactive ketones (excluding diaryl/α,β-unsaturated/α-hetero) is 1. The maximum atomic E-state index is 13.2. The third kappa shape index (κ3) is 2.93. The molecule has 1 N–H and O–H groups in total. The third-order valence-electron chi connectivity index (χ3n) is 7.15. The Morgan fingerprint density at radius 3 is 2.42 bits per heavy atom. The smallest absolute Gasteiger partial charge is 0.423 e. The van der Waals surface area contributed by atoms with Crippen molar-refractivity contribution in [2.45, 2.75) is 25.7 Å². The van der Waals surface area contributed by atoms with Gasteiger partial charge in [0.1, 0.15) is 5.75 Å². The first-order valence-electron chi connectivity index (χ1n) is 10.7. The van der Waals surface area contributed by atoms with E-state index < -0.39 is 41.6 Å². The number of likely N-dealkylation sites (tertiary alicyclic amines) is 1. The number of phenols is 1. The van der Waals surface area contributed by atoms with Gasteiger partial charge >= 0.3 is 6.09 Å². The van der Waals surface area contributed by atoms with Crippen molar-refractivity contribution >= 4 is 29.5 Å². The summed E-state index contributed by atoms with van der Waals surface area (Å²) in [5, 5.41) is 9.75. The number of fused-ring (bicyclic) bond motifs is 3. The summed E-state index contributed by atoms with van der Waals surface area (Å²) in [6.07, 6.45) is 2.56. The first-order valence-corrected chi connectivity index (χ1v) is 10.7. The predicted molar refractivity (Wildman–Crippen MR) is 114 cm³/mol. The van der Waals surface area contributed by atoms with Gasteiger partial charge in [0.2, 0.25) is 11.8 Å². The minimum absolute atomic E-state index is 0.0603. The van der Waals surface area contributed by atoms with E-state index in [2.05, 4.69) is 4.74 Å². The summed E-state index contributed by atoms with van der Waals surface area (Å²) >= 11 is 0. The van der Waals surface area contributed by atoms with Gasteiger partial charge in [0.05, 0.1) is 18.9 Å². The number of amides is 3. The Morgan fingerprint density at radius 1 is 1.06 bits per heavy atom. The number of nitrogens with zero attached hydrogens (tertiary/aromatic N) is 1. The first kappa shape index (κ1) is 21.1. The van der Waals surface area contributed by atoms with Crippen LogP contribution >= 0.6 is 0 Å². The number of aromatic hydroxyl groups is 1. The molecule has 33 heavy (non-hydrogen) atoms. The lowest BCUT2D eigenvalue weighted by Crippen LogP contribution is -2.40. The molecule has 8 heteroatoms. The number of benzene rings is 1. The Bertz CT molecular complexity index is 1230. The fourth-order valence-electron chi connectivity index (χ4n) is 5.70. The number of rotatable bonds is 1. The van der Waals surface area contributed by atoms with Gasteiger partial charge in [-0.3, -0.25) is 19.2 Å². The molecule has 1 fully saturated rings. The molecule has 8 nitrogen and oxygen atoms in total. The van der Waals surface area contributed by atoms with Crippen molar-refractivity contribution in [1.29, 1.82) is 0 Å². The van der Waals surface area contributed by atoms with Crippen LogP contribution in [-0.4, -0.2) is 46.6 Å². The van der Waals surface area contributed by atoms with E-state index in [4.69, 9.17) is 0 Å². The summed E-state index contributed by atoms with van der Waals surface area (Å²) in [6.45, 7) is 1.58. The summed E-state index contributed by atoms with van der Waals surface area (Å²) < 4.78 is 4.64. The van der Waals surface area contributed by atoms with Crippen LogP contribution in [0.5, 0.6) is 5.75 Å². The van der Waals surface area contributed by atoms with Gasteiger partial charge in [0, 0.05) is 22.6 Å². The molecule has 0 radical (unpaired) electrons. The van der Waals surface area contributed by atoms with E-state index in [1.54, 1.807) is 19.1 Å². The summed E-state index contributed by atoms with van der Waals surface area (Å²) in [5.74, 6) is -4.34. The zero-order valence-electron chi connectivity index (χ0n) is 18.0. The van der Waals surface area contributed by atoms with E-state index in [1.165, 1.54) is 18.2 Å². The van der Waals surface area contributed by atoms with Crippen LogP contribution < -0.4 is 0 Å². The molecule has 1 aromatic carbocycles. The van der Waals surface area contributed by atoms with Gasteiger partial charge in [-0.25, -0.2) is 4.79 Å². The van der Waals surface area contributed by atoms with Crippen molar-refractivity contribution in [1.82, 2.24) is 4.90 Å². The van der Waals surface area contributed by atoms with E-state index in [0.29, 0.717) is 27.2 Å². The maximum Gasteiger partial charge on any atom is 0.423 e. The molecule has 1 aromatic rings. The fraction of sp³-hybridized carbons (Fsp3) is 0.320. The number of phenolic OH excluding ortho intramolecular Hbond substituents is 1. The lowest BCUT2D eigenvalue weighted by Gasteiger charge is -2.42. The summed E-state index contributed by atoms with van der Waals surface area (Å²) in [6, 6.07) is 6.38. The van der Waals surface area contributed by atoms with Crippen molar-refractivity contribution in [3.63, 3.8) is 0 Å². The molecule has 1 saturated heterocycles. The summed E-state index contributed by atoms with van der Waals surface area (Å²) in [5.41, 5.74) is 2.53. The highest BCUT2D eigenvalue weighted by Gasteiger charge is 2.58. The number of hydrogen-bond donors (Lipinski definition) is 1. The Labute approximate surface area is 189 Å². The minimum atomic E-state index is -1.02. The second-order valence-electron chi connectivity index (χ2n) is 8.80. The van der Waals surface area contributed by atoms with E-state index in [-0.39, 0.29) is 30.2 Å². The molecule has 0 saturated carbocycles. The monoisotopic (exact) mass is 447 g/mol. The van der Waals surface area contributed by atoms with Gasteiger partial charge in [-0.1, -0.05) is 23.8 Å². The van der Waals surface area contributed by atoms with Crippen LogP contribution in [0.15, 0.2) is 58.7 Å². The molecule has 4 atom stereocenters. The molecule has 168 valence electrons. The normalized spacial score (nSPS) is 28.7. The zero-order valence-corrected chi connectivity index (χ0v) is 18.0. The second-order valence-corrected chi connectivity index (χ2v) is 8.80. The molecule has 5 rings (SSSR count). The molecule has 4 aliphatic rings. The molecule has 1 heterocycles. The highest BCUT2D eigenvalue weighted by molar-refractivity contribution is 6.24. The van der Waals surface area contributed by atoms with Crippen LogP contribution in [0, 0.1) is 17.8 Å². The van der Waals surface area contributed by atoms with E-state index >= 15 is 0 Å². The van der Waals surface area contributed by atoms with Gasteiger partial charge < -0.3 is 9.84 Å². The summed E-state index contributed by atoms with van der Waals surface area (Å²) in [7, 11) is 1.11. The SMILES string of the molecule is COC(=O)N1C(=O)[C@H]2[C@H](CC=C3[C@H](c4ccc(O)cc4)C4=C(C[C@H]32)C(=O)C(C)=CC4=O)C1=O. The van der Waals surface area contributed by atoms with Gasteiger partial charge in [-0.05, 0) is 49.5 Å². The lowest BCUT2D eigenvalue weighted by molar-refractivity contribution is -0.137. The van der Waals surface area contributed by atoms with Crippen LogP contribution in [0.25, 0.3) is 0 Å². The average molecular weight is 447 g/mol. The average Bonchev–Trinajstić information content (AvgIpc) is 3.06. The van der Waals surface area contributed by atoms with E-state index in [0.717, 1.165) is 12.7 Å². The number of allylic oxidation sites excluding steroid dienone is 6. The van der Waals surface area contributed by atoms with Gasteiger partial charge in [-0.15, -0.1) is 0 Å². The number of carbonyl (C=O) groups excluding carboxylic acids is 5.